The van der Waals surface area contributed by atoms with Crippen molar-refractivity contribution in [1.29, 1.82) is 0 Å². The Labute approximate surface area is 199 Å². The van der Waals surface area contributed by atoms with Gasteiger partial charge in [0, 0.05) is 24.0 Å². The highest BCUT2D eigenvalue weighted by atomic mass is 16.4. The first kappa shape index (κ1) is 23.7. The molecule has 0 bridgehead atoms. The van der Waals surface area contributed by atoms with Crippen LogP contribution in [0.25, 0.3) is 22.2 Å². The summed E-state index contributed by atoms with van der Waals surface area (Å²) < 4.78 is 0. The summed E-state index contributed by atoms with van der Waals surface area (Å²) in [5.74, 6) is 0.702. The van der Waals surface area contributed by atoms with Crippen molar-refractivity contribution < 1.29 is 14.7 Å². The first-order valence-electron chi connectivity index (χ1n) is 12.0. The number of fused-ring (bicyclic) bond motifs is 1. The van der Waals surface area contributed by atoms with Gasteiger partial charge in [0.15, 0.2) is 0 Å². The molecule has 1 fully saturated rings. The van der Waals surface area contributed by atoms with Gasteiger partial charge in [-0.1, -0.05) is 42.5 Å². The summed E-state index contributed by atoms with van der Waals surface area (Å²) in [6.07, 6.45) is 3.79. The number of nitrogens with zero attached hydrogens (tertiary/aromatic N) is 1. The third-order valence-corrected chi connectivity index (χ3v) is 6.70. The number of carboxylic acid groups (broad SMARTS) is 1. The Morgan fingerprint density at radius 3 is 2.24 bits per heavy atom. The first-order valence-corrected chi connectivity index (χ1v) is 12.0. The van der Waals surface area contributed by atoms with Crippen LogP contribution in [0.1, 0.15) is 41.6 Å². The van der Waals surface area contributed by atoms with Gasteiger partial charge in [0.2, 0.25) is 0 Å². The fraction of sp³-hybridized carbons (Fsp3) is 0.370. The zero-order valence-corrected chi connectivity index (χ0v) is 19.3. The van der Waals surface area contributed by atoms with Crippen LogP contribution >= 0.6 is 0 Å². The SMILES string of the molecule is NCCc1ccc(-c2cc(C(=O)NCC3CCC(CNC(=O)O)CC3)c3ccccc3n2)cc1. The van der Waals surface area contributed by atoms with Gasteiger partial charge < -0.3 is 21.5 Å². The molecule has 0 radical (unpaired) electrons. The second kappa shape index (κ2) is 11.1. The highest BCUT2D eigenvalue weighted by Gasteiger charge is 2.22. The van der Waals surface area contributed by atoms with E-state index in [1.54, 1.807) is 0 Å². The monoisotopic (exact) mass is 460 g/mol. The predicted molar refractivity (Wildman–Crippen MR) is 134 cm³/mol. The molecule has 3 aromatic rings. The van der Waals surface area contributed by atoms with Gasteiger partial charge in [-0.25, -0.2) is 9.78 Å². The molecule has 5 N–H and O–H groups in total. The standard InChI is InChI=1S/C27H32N4O3/c28-14-13-18-9-11-21(12-10-18)25-15-23(22-3-1-2-4-24(22)31-25)26(32)29-16-19-5-7-20(8-6-19)17-30-27(33)34/h1-4,9-12,15,19-20,30H,5-8,13-14,16-17,28H2,(H,29,32)(H,33,34). The Morgan fingerprint density at radius 2 is 1.59 bits per heavy atom. The number of nitrogens with two attached hydrogens (primary N) is 1. The third kappa shape index (κ3) is 5.91. The van der Waals surface area contributed by atoms with E-state index in [2.05, 4.69) is 22.8 Å². The number of carbonyl (C=O) groups excluding carboxylic acids is 1. The van der Waals surface area contributed by atoms with E-state index < -0.39 is 6.09 Å². The van der Waals surface area contributed by atoms with Gasteiger partial charge in [-0.15, -0.1) is 0 Å². The number of pyridine rings is 1. The molecule has 7 nitrogen and oxygen atoms in total. The summed E-state index contributed by atoms with van der Waals surface area (Å²) in [6.45, 7) is 1.74. The summed E-state index contributed by atoms with van der Waals surface area (Å²) in [6, 6.07) is 17.8. The molecule has 178 valence electrons. The Kier molecular flexibility index (Phi) is 7.75. The van der Waals surface area contributed by atoms with Crippen molar-refractivity contribution in [2.24, 2.45) is 17.6 Å². The second-order valence-electron chi connectivity index (χ2n) is 9.09. The lowest BCUT2D eigenvalue weighted by molar-refractivity contribution is 0.0942. The van der Waals surface area contributed by atoms with E-state index >= 15 is 0 Å². The van der Waals surface area contributed by atoms with E-state index in [1.165, 1.54) is 5.56 Å². The average Bonchev–Trinajstić information content (AvgIpc) is 2.86. The molecular formula is C27H32N4O3. The van der Waals surface area contributed by atoms with Crippen molar-refractivity contribution in [2.75, 3.05) is 19.6 Å². The predicted octanol–water partition coefficient (Wildman–Crippen LogP) is 4.21. The van der Waals surface area contributed by atoms with E-state index in [1.807, 2.05) is 42.5 Å². The largest absolute Gasteiger partial charge is 0.465 e. The summed E-state index contributed by atoms with van der Waals surface area (Å²) in [4.78, 5) is 28.7. The van der Waals surface area contributed by atoms with Gasteiger partial charge in [0.05, 0.1) is 16.8 Å². The number of rotatable bonds is 8. The number of para-hydroxylation sites is 1. The average molecular weight is 461 g/mol. The van der Waals surface area contributed by atoms with Gasteiger partial charge in [0.25, 0.3) is 5.91 Å². The van der Waals surface area contributed by atoms with E-state index in [0.717, 1.165) is 54.3 Å². The van der Waals surface area contributed by atoms with Crippen molar-refractivity contribution in [3.05, 3.63) is 65.7 Å². The quantitative estimate of drug-likeness (QED) is 0.402. The van der Waals surface area contributed by atoms with Crippen LogP contribution in [-0.2, 0) is 6.42 Å². The Hall–Kier alpha value is -3.45. The van der Waals surface area contributed by atoms with Crippen molar-refractivity contribution in [3.8, 4) is 11.3 Å². The third-order valence-electron chi connectivity index (χ3n) is 6.70. The zero-order valence-electron chi connectivity index (χ0n) is 19.3. The van der Waals surface area contributed by atoms with E-state index in [-0.39, 0.29) is 5.91 Å². The van der Waals surface area contributed by atoms with Crippen LogP contribution in [0.2, 0.25) is 0 Å². The molecule has 1 aliphatic rings. The molecule has 4 rings (SSSR count). The van der Waals surface area contributed by atoms with E-state index in [9.17, 15) is 9.59 Å². The van der Waals surface area contributed by atoms with Crippen LogP contribution in [0.5, 0.6) is 0 Å². The molecule has 0 spiro atoms. The molecule has 0 aliphatic heterocycles. The number of hydrogen-bond acceptors (Lipinski definition) is 4. The molecule has 1 saturated carbocycles. The number of benzene rings is 2. The maximum Gasteiger partial charge on any atom is 0.404 e. The van der Waals surface area contributed by atoms with Gasteiger partial charge in [-0.05, 0) is 68.2 Å². The summed E-state index contributed by atoms with van der Waals surface area (Å²) in [5, 5.41) is 15.2. The molecule has 1 aliphatic carbocycles. The molecule has 2 amide bonds. The Morgan fingerprint density at radius 1 is 0.941 bits per heavy atom. The van der Waals surface area contributed by atoms with E-state index in [4.69, 9.17) is 15.8 Å². The molecule has 1 aromatic heterocycles. The number of nitrogens with one attached hydrogen (secondary N) is 2. The number of aromatic nitrogens is 1. The molecular weight excluding hydrogens is 428 g/mol. The number of carbonyl (C=O) groups is 2. The van der Waals surface area contributed by atoms with Gasteiger partial charge in [0.1, 0.15) is 0 Å². The van der Waals surface area contributed by atoms with Crippen LogP contribution in [0.15, 0.2) is 54.6 Å². The van der Waals surface area contributed by atoms with Gasteiger partial charge in [-0.3, -0.25) is 4.79 Å². The van der Waals surface area contributed by atoms with Crippen LogP contribution in [0.4, 0.5) is 4.79 Å². The van der Waals surface area contributed by atoms with E-state index in [0.29, 0.717) is 37.0 Å². The van der Waals surface area contributed by atoms with Crippen molar-refractivity contribution in [2.45, 2.75) is 32.1 Å². The van der Waals surface area contributed by atoms with Crippen LogP contribution < -0.4 is 16.4 Å². The van der Waals surface area contributed by atoms with Crippen molar-refractivity contribution in [1.82, 2.24) is 15.6 Å². The maximum atomic E-state index is 13.2. The molecule has 34 heavy (non-hydrogen) atoms. The topological polar surface area (TPSA) is 117 Å². The minimum Gasteiger partial charge on any atom is -0.465 e. The Balaban J connectivity index is 1.45. The van der Waals surface area contributed by atoms with Gasteiger partial charge >= 0.3 is 6.09 Å². The maximum absolute atomic E-state index is 13.2. The van der Waals surface area contributed by atoms with Gasteiger partial charge in [-0.2, -0.15) is 0 Å². The minimum absolute atomic E-state index is 0.0886. The molecule has 2 aromatic carbocycles. The van der Waals surface area contributed by atoms with Crippen molar-refractivity contribution >= 4 is 22.9 Å². The van der Waals surface area contributed by atoms with Crippen molar-refractivity contribution in [3.63, 3.8) is 0 Å². The first-order chi connectivity index (χ1) is 16.5. The molecule has 0 unspecified atom stereocenters. The number of amides is 2. The highest BCUT2D eigenvalue weighted by Crippen LogP contribution is 2.29. The summed E-state index contributed by atoms with van der Waals surface area (Å²) in [5.41, 5.74) is 10.0. The molecule has 1 heterocycles. The lowest BCUT2D eigenvalue weighted by atomic mass is 9.82. The lowest BCUT2D eigenvalue weighted by Crippen LogP contribution is -2.34. The highest BCUT2D eigenvalue weighted by molar-refractivity contribution is 6.07. The Bertz CT molecular complexity index is 1140. The normalized spacial score (nSPS) is 17.9. The molecule has 0 saturated heterocycles. The molecule has 7 heteroatoms. The zero-order chi connectivity index (χ0) is 23.9. The van der Waals surface area contributed by atoms with Crippen LogP contribution in [0.3, 0.4) is 0 Å². The fourth-order valence-corrected chi connectivity index (χ4v) is 4.72. The number of hydrogen-bond donors (Lipinski definition) is 4. The molecule has 0 atom stereocenters. The summed E-state index contributed by atoms with van der Waals surface area (Å²) in [7, 11) is 0. The second-order valence-corrected chi connectivity index (χ2v) is 9.09. The summed E-state index contributed by atoms with van der Waals surface area (Å²) >= 11 is 0. The smallest absolute Gasteiger partial charge is 0.404 e. The lowest BCUT2D eigenvalue weighted by Gasteiger charge is -2.28. The fourth-order valence-electron chi connectivity index (χ4n) is 4.72. The van der Waals surface area contributed by atoms with Crippen LogP contribution in [-0.4, -0.2) is 41.7 Å². The van der Waals surface area contributed by atoms with Crippen LogP contribution in [0, 0.1) is 11.8 Å². The minimum atomic E-state index is -0.968.